The van der Waals surface area contributed by atoms with Crippen LogP contribution in [0.15, 0.2) is 24.5 Å². The van der Waals surface area contributed by atoms with Crippen molar-refractivity contribution >= 4 is 5.91 Å². The first kappa shape index (κ1) is 12.0. The van der Waals surface area contributed by atoms with Gasteiger partial charge in [-0.15, -0.1) is 0 Å². The van der Waals surface area contributed by atoms with Crippen LogP contribution in [0.3, 0.4) is 0 Å². The van der Waals surface area contributed by atoms with Crippen LogP contribution in [-0.4, -0.2) is 41.5 Å². The maximum atomic E-state index is 12.4. The molecule has 1 aliphatic rings. The monoisotopic (exact) mass is 233 g/mol. The van der Waals surface area contributed by atoms with Crippen LogP contribution in [0.1, 0.15) is 30.1 Å². The van der Waals surface area contributed by atoms with E-state index >= 15 is 0 Å². The summed E-state index contributed by atoms with van der Waals surface area (Å²) in [6.45, 7) is 4.86. The predicted molar refractivity (Wildman–Crippen MR) is 66.8 cm³/mol. The largest absolute Gasteiger partial charge is 0.334 e. The van der Waals surface area contributed by atoms with Crippen molar-refractivity contribution in [3.8, 4) is 0 Å². The highest BCUT2D eigenvalue weighted by Gasteiger charge is 2.26. The van der Waals surface area contributed by atoms with Crippen molar-refractivity contribution in [3.63, 3.8) is 0 Å². The van der Waals surface area contributed by atoms with Crippen LogP contribution in [0.4, 0.5) is 0 Å². The lowest BCUT2D eigenvalue weighted by Crippen LogP contribution is -2.42. The van der Waals surface area contributed by atoms with E-state index in [1.807, 2.05) is 4.90 Å². The first-order chi connectivity index (χ1) is 8.33. The second-order valence-corrected chi connectivity index (χ2v) is 4.38. The van der Waals surface area contributed by atoms with Gasteiger partial charge in [0.15, 0.2) is 0 Å². The fraction of sp³-hybridized carbons (Fsp3) is 0.538. The third-order valence-electron chi connectivity index (χ3n) is 3.13. The van der Waals surface area contributed by atoms with Crippen LogP contribution in [0.25, 0.3) is 0 Å². The van der Waals surface area contributed by atoms with E-state index in [2.05, 4.69) is 17.2 Å². The molecule has 1 amide bonds. The quantitative estimate of drug-likeness (QED) is 0.852. The molecule has 0 aromatic carbocycles. The Labute approximate surface area is 102 Å². The van der Waals surface area contributed by atoms with Crippen molar-refractivity contribution in [2.75, 3.05) is 19.6 Å². The zero-order valence-corrected chi connectivity index (χ0v) is 10.2. The number of nitrogens with one attached hydrogen (secondary N) is 1. The van der Waals surface area contributed by atoms with E-state index in [0.29, 0.717) is 6.04 Å². The molecule has 1 unspecified atom stereocenters. The van der Waals surface area contributed by atoms with Crippen LogP contribution in [0, 0.1) is 0 Å². The lowest BCUT2D eigenvalue weighted by atomic mass is 10.1. The van der Waals surface area contributed by atoms with E-state index < -0.39 is 0 Å². The zero-order valence-electron chi connectivity index (χ0n) is 10.2. The summed E-state index contributed by atoms with van der Waals surface area (Å²) in [4.78, 5) is 18.3. The van der Waals surface area contributed by atoms with E-state index in [1.54, 1.807) is 24.5 Å². The number of nitrogens with zero attached hydrogens (tertiary/aromatic N) is 2. The number of carbonyl (C=O) groups excluding carboxylic acids is 1. The first-order valence-corrected chi connectivity index (χ1v) is 6.24. The highest BCUT2D eigenvalue weighted by atomic mass is 16.2. The van der Waals surface area contributed by atoms with Crippen molar-refractivity contribution < 1.29 is 4.79 Å². The highest BCUT2D eigenvalue weighted by Crippen LogP contribution is 2.13. The molecule has 17 heavy (non-hydrogen) atoms. The van der Waals surface area contributed by atoms with Crippen LogP contribution in [-0.2, 0) is 0 Å². The van der Waals surface area contributed by atoms with Crippen LogP contribution in [0.2, 0.25) is 0 Å². The molecule has 0 spiro atoms. The Morgan fingerprint density at radius 3 is 2.88 bits per heavy atom. The van der Waals surface area contributed by atoms with Gasteiger partial charge < -0.3 is 10.2 Å². The van der Waals surface area contributed by atoms with E-state index in [4.69, 9.17) is 0 Å². The van der Waals surface area contributed by atoms with E-state index in [1.165, 1.54) is 0 Å². The molecule has 1 N–H and O–H groups in total. The van der Waals surface area contributed by atoms with Crippen LogP contribution < -0.4 is 5.32 Å². The molecule has 1 aromatic heterocycles. The Kier molecular flexibility index (Phi) is 4.09. The number of carbonyl (C=O) groups is 1. The van der Waals surface area contributed by atoms with Gasteiger partial charge in [-0.05, 0) is 31.5 Å². The summed E-state index contributed by atoms with van der Waals surface area (Å²) in [6, 6.07) is 3.91. The Morgan fingerprint density at radius 1 is 1.53 bits per heavy atom. The van der Waals surface area contributed by atoms with Crippen molar-refractivity contribution in [2.45, 2.75) is 25.8 Å². The Bertz CT molecular complexity index is 360. The summed E-state index contributed by atoms with van der Waals surface area (Å²) in [5, 5.41) is 3.31. The SMILES string of the molecule is CCCN(C(=O)c1ccncc1)C1CCNC1. The topological polar surface area (TPSA) is 45.2 Å². The number of pyridine rings is 1. The van der Waals surface area contributed by atoms with Crippen molar-refractivity contribution in [3.05, 3.63) is 30.1 Å². The smallest absolute Gasteiger partial charge is 0.254 e. The van der Waals surface area contributed by atoms with E-state index in [0.717, 1.165) is 38.0 Å². The Hall–Kier alpha value is -1.42. The summed E-state index contributed by atoms with van der Waals surface area (Å²) in [5.41, 5.74) is 0.736. The molecule has 2 rings (SSSR count). The Balaban J connectivity index is 2.12. The van der Waals surface area contributed by atoms with Crippen LogP contribution in [0.5, 0.6) is 0 Å². The third kappa shape index (κ3) is 2.82. The summed E-state index contributed by atoms with van der Waals surface area (Å²) in [5.74, 6) is 0.128. The number of rotatable bonds is 4. The molecule has 1 atom stereocenters. The molecular formula is C13H19N3O. The molecule has 4 nitrogen and oxygen atoms in total. The van der Waals surface area contributed by atoms with Gasteiger partial charge in [-0.25, -0.2) is 0 Å². The zero-order chi connectivity index (χ0) is 12.1. The predicted octanol–water partition coefficient (Wildman–Crippen LogP) is 1.30. The third-order valence-corrected chi connectivity index (χ3v) is 3.13. The molecular weight excluding hydrogens is 214 g/mol. The molecule has 0 bridgehead atoms. The molecule has 92 valence electrons. The summed E-state index contributed by atoms with van der Waals surface area (Å²) in [7, 11) is 0. The van der Waals surface area contributed by atoms with Gasteiger partial charge in [0.05, 0.1) is 0 Å². The maximum Gasteiger partial charge on any atom is 0.254 e. The number of hydrogen-bond donors (Lipinski definition) is 1. The van der Waals surface area contributed by atoms with Gasteiger partial charge in [0.2, 0.25) is 0 Å². The van der Waals surface area contributed by atoms with Crippen molar-refractivity contribution in [1.82, 2.24) is 15.2 Å². The molecule has 1 saturated heterocycles. The summed E-state index contributed by atoms with van der Waals surface area (Å²) < 4.78 is 0. The average Bonchev–Trinajstić information content (AvgIpc) is 2.90. The number of aromatic nitrogens is 1. The molecule has 0 radical (unpaired) electrons. The maximum absolute atomic E-state index is 12.4. The van der Waals surface area contributed by atoms with Gasteiger partial charge in [0, 0.05) is 37.1 Å². The van der Waals surface area contributed by atoms with Gasteiger partial charge in [-0.2, -0.15) is 0 Å². The summed E-state index contributed by atoms with van der Waals surface area (Å²) in [6.07, 6.45) is 5.39. The second-order valence-electron chi connectivity index (χ2n) is 4.38. The van der Waals surface area contributed by atoms with Crippen molar-refractivity contribution in [1.29, 1.82) is 0 Å². The fourth-order valence-electron chi connectivity index (χ4n) is 2.26. The van der Waals surface area contributed by atoms with Gasteiger partial charge in [-0.3, -0.25) is 9.78 Å². The molecule has 1 fully saturated rings. The highest BCUT2D eigenvalue weighted by molar-refractivity contribution is 5.94. The number of amides is 1. The second kappa shape index (κ2) is 5.77. The lowest BCUT2D eigenvalue weighted by molar-refractivity contribution is 0.0692. The molecule has 1 aliphatic heterocycles. The van der Waals surface area contributed by atoms with E-state index in [9.17, 15) is 4.79 Å². The molecule has 0 aliphatic carbocycles. The molecule has 1 aromatic rings. The van der Waals surface area contributed by atoms with Gasteiger partial charge in [0.1, 0.15) is 0 Å². The number of hydrogen-bond acceptors (Lipinski definition) is 3. The van der Waals surface area contributed by atoms with E-state index in [-0.39, 0.29) is 5.91 Å². The van der Waals surface area contributed by atoms with Gasteiger partial charge >= 0.3 is 0 Å². The minimum atomic E-state index is 0.128. The average molecular weight is 233 g/mol. The van der Waals surface area contributed by atoms with Crippen LogP contribution >= 0.6 is 0 Å². The van der Waals surface area contributed by atoms with Gasteiger partial charge in [-0.1, -0.05) is 6.92 Å². The lowest BCUT2D eigenvalue weighted by Gasteiger charge is -2.28. The Morgan fingerprint density at radius 2 is 2.29 bits per heavy atom. The normalized spacial score (nSPS) is 19.2. The minimum Gasteiger partial charge on any atom is -0.334 e. The molecule has 0 saturated carbocycles. The minimum absolute atomic E-state index is 0.128. The first-order valence-electron chi connectivity index (χ1n) is 6.24. The standard InChI is InChI=1S/C13H19N3O/c1-2-9-16(12-5-8-15-10-12)13(17)11-3-6-14-7-4-11/h3-4,6-7,12,15H,2,5,8-10H2,1H3. The summed E-state index contributed by atoms with van der Waals surface area (Å²) >= 11 is 0. The van der Waals surface area contributed by atoms with Gasteiger partial charge in [0.25, 0.3) is 5.91 Å². The van der Waals surface area contributed by atoms with Crippen molar-refractivity contribution in [2.24, 2.45) is 0 Å². The molecule has 2 heterocycles. The fourth-order valence-corrected chi connectivity index (χ4v) is 2.26. The molecule has 4 heteroatoms.